The third-order valence-electron chi connectivity index (χ3n) is 7.11. The Morgan fingerprint density at radius 2 is 1.83 bits per heavy atom. The van der Waals surface area contributed by atoms with Crippen molar-refractivity contribution in [3.8, 4) is 16.9 Å². The van der Waals surface area contributed by atoms with E-state index < -0.39 is 11.7 Å². The van der Waals surface area contributed by atoms with Gasteiger partial charge in [-0.1, -0.05) is 35.3 Å². The quantitative estimate of drug-likeness (QED) is 0.391. The molecule has 2 aromatic heterocycles. The van der Waals surface area contributed by atoms with Crippen LogP contribution < -0.4 is 4.74 Å². The summed E-state index contributed by atoms with van der Waals surface area (Å²) in [7, 11) is 0. The highest BCUT2D eigenvalue weighted by Crippen LogP contribution is 2.43. The van der Waals surface area contributed by atoms with E-state index in [1.165, 1.54) is 0 Å². The molecule has 2 aliphatic rings. The number of carbonyl (C=O) groups is 1. The Labute approximate surface area is 212 Å². The van der Waals surface area contributed by atoms with Crippen LogP contribution in [0, 0.1) is 0 Å². The molecule has 178 valence electrons. The Kier molecular flexibility index (Phi) is 5.48. The van der Waals surface area contributed by atoms with Gasteiger partial charge >= 0.3 is 0 Å². The van der Waals surface area contributed by atoms with E-state index >= 15 is 0 Å². The number of hydrogen-bond acceptors (Lipinski definition) is 4. The van der Waals surface area contributed by atoms with Crippen molar-refractivity contribution in [2.45, 2.75) is 31.0 Å². The highest BCUT2D eigenvalue weighted by atomic mass is 35.5. The van der Waals surface area contributed by atoms with Gasteiger partial charge in [0, 0.05) is 58.5 Å². The lowest BCUT2D eigenvalue weighted by Crippen LogP contribution is -2.49. The molecule has 4 heterocycles. The summed E-state index contributed by atoms with van der Waals surface area (Å²) in [4.78, 5) is 22.7. The van der Waals surface area contributed by atoms with Gasteiger partial charge in [-0.15, -0.1) is 0 Å². The lowest BCUT2D eigenvalue weighted by molar-refractivity contribution is -0.142. The number of aliphatic hydroxyl groups is 1. The maximum Gasteiger partial charge on any atom is 0.263 e. The van der Waals surface area contributed by atoms with Gasteiger partial charge in [-0.3, -0.25) is 4.79 Å². The van der Waals surface area contributed by atoms with Crippen LogP contribution >= 0.6 is 23.2 Å². The first-order valence-electron chi connectivity index (χ1n) is 11.6. The zero-order valence-electron chi connectivity index (χ0n) is 18.8. The fourth-order valence-corrected chi connectivity index (χ4v) is 5.57. The highest BCUT2D eigenvalue weighted by Gasteiger charge is 2.40. The smallest absolute Gasteiger partial charge is 0.263 e. The first-order chi connectivity index (χ1) is 16.9. The van der Waals surface area contributed by atoms with Gasteiger partial charge in [0.15, 0.2) is 6.10 Å². The number of rotatable bonds is 3. The van der Waals surface area contributed by atoms with E-state index in [0.717, 1.165) is 33.3 Å². The summed E-state index contributed by atoms with van der Waals surface area (Å²) in [6, 6.07) is 14.9. The number of likely N-dealkylation sites (tertiary alicyclic amines) is 1. The predicted molar refractivity (Wildman–Crippen MR) is 136 cm³/mol. The number of aromatic nitrogens is 2. The lowest BCUT2D eigenvalue weighted by atomic mass is 9.84. The molecule has 8 heteroatoms. The van der Waals surface area contributed by atoms with Gasteiger partial charge in [0.2, 0.25) is 0 Å². The number of benzene rings is 2. The highest BCUT2D eigenvalue weighted by molar-refractivity contribution is 6.31. The second-order valence-corrected chi connectivity index (χ2v) is 10.1. The van der Waals surface area contributed by atoms with E-state index in [1.807, 2.05) is 42.6 Å². The average molecular weight is 508 g/mol. The number of ether oxygens (including phenoxy) is 1. The van der Waals surface area contributed by atoms with Crippen LogP contribution in [-0.2, 0) is 16.8 Å². The zero-order chi connectivity index (χ0) is 24.2. The molecule has 6 rings (SSSR count). The van der Waals surface area contributed by atoms with Gasteiger partial charge in [-0.05, 0) is 60.4 Å². The van der Waals surface area contributed by atoms with Gasteiger partial charge in [0.05, 0.1) is 5.60 Å². The molecule has 2 aliphatic heterocycles. The van der Waals surface area contributed by atoms with E-state index in [-0.39, 0.29) is 5.91 Å². The van der Waals surface area contributed by atoms with Crippen molar-refractivity contribution >= 4 is 40.1 Å². The van der Waals surface area contributed by atoms with Gasteiger partial charge in [-0.2, -0.15) is 0 Å². The van der Waals surface area contributed by atoms with E-state index in [9.17, 15) is 9.90 Å². The first kappa shape index (κ1) is 22.4. The number of halogens is 2. The van der Waals surface area contributed by atoms with E-state index in [0.29, 0.717) is 48.1 Å². The number of fused-ring (bicyclic) bond motifs is 2. The van der Waals surface area contributed by atoms with Crippen molar-refractivity contribution in [3.05, 3.63) is 82.1 Å². The van der Waals surface area contributed by atoms with Crippen LogP contribution in [0.15, 0.2) is 60.9 Å². The van der Waals surface area contributed by atoms with Crippen molar-refractivity contribution < 1.29 is 14.6 Å². The Bertz CT molecular complexity index is 1430. The molecule has 0 spiro atoms. The molecule has 1 amide bonds. The van der Waals surface area contributed by atoms with Crippen molar-refractivity contribution in [2.75, 3.05) is 13.1 Å². The number of amides is 1. The molecule has 2 aromatic carbocycles. The second kappa shape index (κ2) is 8.55. The van der Waals surface area contributed by atoms with E-state index in [4.69, 9.17) is 27.9 Å². The molecule has 0 aliphatic carbocycles. The molecule has 1 saturated heterocycles. The fraction of sp³-hybridized carbons (Fsp3) is 0.259. The summed E-state index contributed by atoms with van der Waals surface area (Å²) >= 11 is 12.5. The number of nitrogens with one attached hydrogen (secondary N) is 1. The van der Waals surface area contributed by atoms with Gasteiger partial charge in [-0.25, -0.2) is 4.98 Å². The molecule has 4 aromatic rings. The van der Waals surface area contributed by atoms with Crippen LogP contribution in [0.25, 0.3) is 22.2 Å². The van der Waals surface area contributed by atoms with Crippen LogP contribution in [0.4, 0.5) is 0 Å². The average Bonchev–Trinajstić information content (AvgIpc) is 3.51. The minimum atomic E-state index is -0.967. The van der Waals surface area contributed by atoms with Crippen molar-refractivity contribution in [2.24, 2.45) is 0 Å². The number of H-pyrrole nitrogens is 1. The number of nitrogens with zero attached hydrogens (tertiary/aromatic N) is 2. The van der Waals surface area contributed by atoms with Gasteiger partial charge < -0.3 is 19.7 Å². The SMILES string of the molecule is O=C([C@H]1Cc2cc(Cl)cc(-c3ccnc4[nH]ccc34)c2O1)N1CCC(O)(c2ccc(Cl)cc2)CC1. The van der Waals surface area contributed by atoms with Crippen molar-refractivity contribution in [3.63, 3.8) is 0 Å². The molecule has 1 fully saturated rings. The molecule has 0 saturated carbocycles. The molecule has 6 nitrogen and oxygen atoms in total. The van der Waals surface area contributed by atoms with Crippen LogP contribution in [-0.4, -0.2) is 45.1 Å². The topological polar surface area (TPSA) is 78.5 Å². The van der Waals surface area contributed by atoms with Crippen LogP contribution in [0.5, 0.6) is 5.75 Å². The summed E-state index contributed by atoms with van der Waals surface area (Å²) < 4.78 is 6.28. The summed E-state index contributed by atoms with van der Waals surface area (Å²) in [5.74, 6) is 0.624. The maximum absolute atomic E-state index is 13.4. The second-order valence-electron chi connectivity index (χ2n) is 9.21. The number of piperidine rings is 1. The predicted octanol–water partition coefficient (Wildman–Crippen LogP) is 5.35. The Balaban J connectivity index is 1.22. The van der Waals surface area contributed by atoms with Crippen molar-refractivity contribution in [1.82, 2.24) is 14.9 Å². The van der Waals surface area contributed by atoms with Crippen molar-refractivity contribution in [1.29, 1.82) is 0 Å². The monoisotopic (exact) mass is 507 g/mol. The summed E-state index contributed by atoms with van der Waals surface area (Å²) in [6.45, 7) is 0.909. The normalized spacial score (nSPS) is 18.9. The third kappa shape index (κ3) is 3.96. The minimum Gasteiger partial charge on any atom is -0.479 e. The maximum atomic E-state index is 13.4. The molecule has 0 radical (unpaired) electrons. The number of hydrogen-bond donors (Lipinski definition) is 2. The first-order valence-corrected chi connectivity index (χ1v) is 12.4. The van der Waals surface area contributed by atoms with E-state index in [2.05, 4.69) is 9.97 Å². The van der Waals surface area contributed by atoms with E-state index in [1.54, 1.807) is 23.2 Å². The molecule has 2 N–H and O–H groups in total. The molecule has 0 unspecified atom stereocenters. The Hall–Kier alpha value is -3.06. The van der Waals surface area contributed by atoms with Gasteiger partial charge in [0.1, 0.15) is 11.4 Å². The van der Waals surface area contributed by atoms with Crippen LogP contribution in [0.3, 0.4) is 0 Å². The molecule has 35 heavy (non-hydrogen) atoms. The largest absolute Gasteiger partial charge is 0.479 e. The standard InChI is InChI=1S/C27H23Cl2N3O3/c28-18-3-1-17(2-4-18)27(34)7-11-32(12-8-27)26(33)23-14-16-13-19(29)15-22(24(16)35-23)20-5-9-30-25-21(20)6-10-31-25/h1-6,9-10,13,15,23,34H,7-8,11-12,14H2,(H,30,31)/t23-/m1/s1. The molecular formula is C27H23Cl2N3O3. The molecule has 1 atom stereocenters. The molecule has 0 bridgehead atoms. The van der Waals surface area contributed by atoms with Gasteiger partial charge in [0.25, 0.3) is 5.91 Å². The lowest BCUT2D eigenvalue weighted by Gasteiger charge is -2.39. The minimum absolute atomic E-state index is 0.0667. The summed E-state index contributed by atoms with van der Waals surface area (Å²) in [5, 5.41) is 13.4. The Morgan fingerprint density at radius 3 is 2.60 bits per heavy atom. The third-order valence-corrected chi connectivity index (χ3v) is 7.58. The summed E-state index contributed by atoms with van der Waals surface area (Å²) in [6.07, 6.45) is 4.35. The number of aromatic amines is 1. The Morgan fingerprint density at radius 1 is 1.06 bits per heavy atom. The summed E-state index contributed by atoms with van der Waals surface area (Å²) in [5.41, 5.74) is 3.36. The molecular weight excluding hydrogens is 485 g/mol. The van der Waals surface area contributed by atoms with Crippen LogP contribution in [0.2, 0.25) is 10.0 Å². The number of carbonyl (C=O) groups excluding carboxylic acids is 1. The number of pyridine rings is 1. The fourth-order valence-electron chi connectivity index (χ4n) is 5.21. The zero-order valence-corrected chi connectivity index (χ0v) is 20.3. The van der Waals surface area contributed by atoms with Crippen LogP contribution in [0.1, 0.15) is 24.0 Å².